The molecule has 0 radical (unpaired) electrons. The third-order valence-electron chi connectivity index (χ3n) is 4.40. The van der Waals surface area contributed by atoms with Crippen molar-refractivity contribution in [2.24, 2.45) is 0 Å². The van der Waals surface area contributed by atoms with Crippen molar-refractivity contribution < 1.29 is 62.6 Å². The molecule has 1 aromatic rings. The molecule has 1 aliphatic heterocycles. The van der Waals surface area contributed by atoms with Gasteiger partial charge in [-0.2, -0.15) is 0 Å². The number of phenols is 1. The SMILES string of the molecule is CC(=O)OC[C@H]1O[C@@H](Oc2ccc(C(=O)O)cc2O)[C@H](OC(C)=O)[C@@H](OC(C)=O)[C@H]1OC(C)=O. The Morgan fingerprint density at radius 3 is 1.91 bits per heavy atom. The number of esters is 4. The van der Waals surface area contributed by atoms with Crippen molar-refractivity contribution in [3.63, 3.8) is 0 Å². The van der Waals surface area contributed by atoms with E-state index in [1.54, 1.807) is 0 Å². The summed E-state index contributed by atoms with van der Waals surface area (Å²) < 4.78 is 32.1. The average Bonchev–Trinajstić information content (AvgIpc) is 2.71. The molecule has 0 unspecified atom stereocenters. The lowest BCUT2D eigenvalue weighted by molar-refractivity contribution is -0.288. The van der Waals surface area contributed by atoms with Gasteiger partial charge >= 0.3 is 29.8 Å². The minimum atomic E-state index is -1.57. The summed E-state index contributed by atoms with van der Waals surface area (Å²) in [5.41, 5.74) is -0.230. The molecule has 186 valence electrons. The van der Waals surface area contributed by atoms with Crippen molar-refractivity contribution in [1.82, 2.24) is 0 Å². The van der Waals surface area contributed by atoms with E-state index in [4.69, 9.17) is 33.5 Å². The number of hydrogen-bond acceptors (Lipinski definition) is 12. The topological polar surface area (TPSA) is 181 Å². The summed E-state index contributed by atoms with van der Waals surface area (Å²) in [5, 5.41) is 19.2. The van der Waals surface area contributed by atoms with Crippen molar-refractivity contribution >= 4 is 29.8 Å². The first-order chi connectivity index (χ1) is 15.9. The first-order valence-electron chi connectivity index (χ1n) is 9.92. The Bertz CT molecular complexity index is 956. The quantitative estimate of drug-likeness (QED) is 0.386. The van der Waals surface area contributed by atoms with Crippen LogP contribution >= 0.6 is 0 Å². The van der Waals surface area contributed by atoms with Gasteiger partial charge < -0.3 is 38.6 Å². The normalized spacial score (nSPS) is 23.8. The van der Waals surface area contributed by atoms with Crippen LogP contribution in [0.1, 0.15) is 38.1 Å². The van der Waals surface area contributed by atoms with Gasteiger partial charge in [-0.3, -0.25) is 19.2 Å². The van der Waals surface area contributed by atoms with Crippen LogP contribution in [0.2, 0.25) is 0 Å². The fraction of sp³-hybridized carbons (Fsp3) is 0.476. The fourth-order valence-electron chi connectivity index (χ4n) is 3.16. The Morgan fingerprint density at radius 2 is 1.41 bits per heavy atom. The van der Waals surface area contributed by atoms with E-state index in [0.29, 0.717) is 0 Å². The third kappa shape index (κ3) is 7.07. The molecule has 34 heavy (non-hydrogen) atoms. The lowest BCUT2D eigenvalue weighted by Gasteiger charge is -2.43. The van der Waals surface area contributed by atoms with E-state index in [0.717, 1.165) is 45.9 Å². The van der Waals surface area contributed by atoms with Gasteiger partial charge in [-0.05, 0) is 18.2 Å². The van der Waals surface area contributed by atoms with Gasteiger partial charge in [0.15, 0.2) is 23.7 Å². The van der Waals surface area contributed by atoms with Gasteiger partial charge in [0.2, 0.25) is 12.4 Å². The zero-order valence-corrected chi connectivity index (χ0v) is 18.7. The van der Waals surface area contributed by atoms with Crippen molar-refractivity contribution in [2.45, 2.75) is 58.4 Å². The van der Waals surface area contributed by atoms with Gasteiger partial charge in [-0.15, -0.1) is 0 Å². The molecule has 0 amide bonds. The summed E-state index contributed by atoms with van der Waals surface area (Å²) in [6.07, 6.45) is -7.13. The number of carbonyl (C=O) groups is 5. The number of hydrogen-bond donors (Lipinski definition) is 2. The average molecular weight is 484 g/mol. The zero-order valence-electron chi connectivity index (χ0n) is 18.7. The highest BCUT2D eigenvalue weighted by molar-refractivity contribution is 5.88. The van der Waals surface area contributed by atoms with E-state index in [1.165, 1.54) is 0 Å². The molecule has 1 aromatic carbocycles. The summed E-state index contributed by atoms with van der Waals surface area (Å²) in [7, 11) is 0. The molecule has 1 heterocycles. The van der Waals surface area contributed by atoms with E-state index >= 15 is 0 Å². The van der Waals surface area contributed by atoms with E-state index in [9.17, 15) is 29.1 Å². The van der Waals surface area contributed by atoms with Gasteiger partial charge in [0, 0.05) is 27.7 Å². The van der Waals surface area contributed by atoms with Crippen LogP contribution in [-0.4, -0.2) is 77.4 Å². The number of aromatic hydroxyl groups is 1. The predicted molar refractivity (Wildman–Crippen MR) is 108 cm³/mol. The summed E-state index contributed by atoms with van der Waals surface area (Å²) in [5.74, 6) is -5.26. The summed E-state index contributed by atoms with van der Waals surface area (Å²) >= 11 is 0. The van der Waals surface area contributed by atoms with Gasteiger partial charge in [0.05, 0.1) is 5.56 Å². The minimum Gasteiger partial charge on any atom is -0.504 e. The molecule has 0 aliphatic carbocycles. The first-order valence-corrected chi connectivity index (χ1v) is 9.92. The van der Waals surface area contributed by atoms with Crippen molar-refractivity contribution in [2.75, 3.05) is 6.61 Å². The van der Waals surface area contributed by atoms with E-state index in [2.05, 4.69) is 0 Å². The molecular formula is C21H24O13. The van der Waals surface area contributed by atoms with Gasteiger partial charge in [0.25, 0.3) is 0 Å². The zero-order chi connectivity index (χ0) is 25.6. The van der Waals surface area contributed by atoms with Crippen molar-refractivity contribution in [1.29, 1.82) is 0 Å². The van der Waals surface area contributed by atoms with Crippen LogP contribution in [0.15, 0.2) is 18.2 Å². The van der Waals surface area contributed by atoms with Crippen LogP contribution in [0.25, 0.3) is 0 Å². The lowest BCUT2D eigenvalue weighted by Crippen LogP contribution is -2.63. The lowest BCUT2D eigenvalue weighted by atomic mass is 9.98. The van der Waals surface area contributed by atoms with Crippen molar-refractivity contribution in [3.8, 4) is 11.5 Å². The van der Waals surface area contributed by atoms with E-state index in [1.807, 2.05) is 0 Å². The molecule has 0 aromatic heterocycles. The number of aromatic carboxylic acids is 1. The second-order valence-electron chi connectivity index (χ2n) is 7.17. The summed E-state index contributed by atoms with van der Waals surface area (Å²) in [6, 6.07) is 3.19. The van der Waals surface area contributed by atoms with Crippen molar-refractivity contribution in [3.05, 3.63) is 23.8 Å². The standard InChI is InChI=1S/C21H24O13/c1-9(22)29-8-16-17(30-10(2)23)18(31-11(3)24)19(32-12(4)25)21(34-16)33-15-6-5-13(20(27)28)7-14(15)26/h5-7,16-19,21,26H,8H2,1-4H3,(H,27,28)/t16-,17+,18+,19-,21-/m1/s1. The molecular weight excluding hydrogens is 460 g/mol. The minimum absolute atomic E-state index is 0.230. The maximum absolute atomic E-state index is 11.8. The smallest absolute Gasteiger partial charge is 0.335 e. The maximum atomic E-state index is 11.8. The molecule has 1 saturated heterocycles. The number of rotatable bonds is 8. The second-order valence-corrected chi connectivity index (χ2v) is 7.17. The molecule has 0 bridgehead atoms. The van der Waals surface area contributed by atoms with Crippen LogP contribution in [0.3, 0.4) is 0 Å². The largest absolute Gasteiger partial charge is 0.504 e. The predicted octanol–water partition coefficient (Wildman–Crippen LogP) is 0.552. The number of ether oxygens (including phenoxy) is 6. The molecule has 1 fully saturated rings. The first kappa shape index (κ1) is 26.4. The Kier molecular flexibility index (Phi) is 8.78. The van der Waals surface area contributed by atoms with E-state index in [-0.39, 0.29) is 11.3 Å². The number of phenolic OH excluding ortho intramolecular Hbond substituents is 1. The van der Waals surface area contributed by atoms with Crippen LogP contribution < -0.4 is 4.74 Å². The molecule has 5 atom stereocenters. The van der Waals surface area contributed by atoms with Crippen LogP contribution in [0.5, 0.6) is 11.5 Å². The monoisotopic (exact) mass is 484 g/mol. The molecule has 2 rings (SSSR count). The Balaban J connectivity index is 2.49. The number of carbonyl (C=O) groups excluding carboxylic acids is 4. The third-order valence-corrected chi connectivity index (χ3v) is 4.40. The molecule has 0 spiro atoms. The highest BCUT2D eigenvalue weighted by atomic mass is 16.7. The number of benzene rings is 1. The van der Waals surface area contributed by atoms with Gasteiger partial charge in [-0.1, -0.05) is 0 Å². The number of carboxylic acid groups (broad SMARTS) is 1. The van der Waals surface area contributed by atoms with E-state index < -0.39 is 72.9 Å². The summed E-state index contributed by atoms with van der Waals surface area (Å²) in [6.45, 7) is 3.89. The second kappa shape index (κ2) is 11.3. The van der Waals surface area contributed by atoms with Crippen LogP contribution in [0.4, 0.5) is 0 Å². The Morgan fingerprint density at radius 1 is 0.853 bits per heavy atom. The Labute approximate surface area is 193 Å². The highest BCUT2D eigenvalue weighted by Crippen LogP contribution is 2.34. The molecule has 13 nitrogen and oxygen atoms in total. The Hall–Kier alpha value is -3.87. The summed E-state index contributed by atoms with van der Waals surface area (Å²) in [4.78, 5) is 57.7. The van der Waals surface area contributed by atoms with Gasteiger partial charge in [-0.25, -0.2) is 4.79 Å². The molecule has 1 aliphatic rings. The van der Waals surface area contributed by atoms with Crippen LogP contribution in [0, 0.1) is 0 Å². The molecule has 13 heteroatoms. The maximum Gasteiger partial charge on any atom is 0.335 e. The van der Waals surface area contributed by atoms with Crippen LogP contribution in [-0.2, 0) is 42.9 Å². The fourth-order valence-corrected chi connectivity index (χ4v) is 3.16. The molecule has 0 saturated carbocycles. The van der Waals surface area contributed by atoms with Gasteiger partial charge in [0.1, 0.15) is 12.7 Å². The molecule has 2 N–H and O–H groups in total. The highest BCUT2D eigenvalue weighted by Gasteiger charge is 2.53. The number of carboxylic acids is 1.